The lowest BCUT2D eigenvalue weighted by atomic mass is 10.2. The number of nitrogens with zero attached hydrogens (tertiary/aromatic N) is 3. The van der Waals surface area contributed by atoms with Crippen molar-refractivity contribution in [1.82, 2.24) is 14.8 Å². The fraction of sp³-hybridized carbons (Fsp3) is 0.250. The molecule has 2 aromatic rings. The third-order valence-electron chi connectivity index (χ3n) is 2.51. The molecule has 6 nitrogen and oxygen atoms in total. The third-order valence-corrected chi connectivity index (χ3v) is 2.80. The molecular weight excluding hydrogens is 266 g/mol. The first kappa shape index (κ1) is 13.4. The monoisotopic (exact) mass is 279 g/mol. The number of hydrogen-bond acceptors (Lipinski definition) is 4. The highest BCUT2D eigenvalue weighted by Crippen LogP contribution is 2.20. The van der Waals surface area contributed by atoms with Gasteiger partial charge < -0.3 is 10.6 Å². The molecule has 19 heavy (non-hydrogen) atoms. The van der Waals surface area contributed by atoms with Gasteiger partial charge in [0.05, 0.1) is 16.8 Å². The molecule has 0 fully saturated rings. The van der Waals surface area contributed by atoms with Gasteiger partial charge in [-0.3, -0.25) is 9.48 Å². The average molecular weight is 280 g/mol. The Morgan fingerprint density at radius 2 is 2.32 bits per heavy atom. The molecule has 2 rings (SSSR count). The summed E-state index contributed by atoms with van der Waals surface area (Å²) in [5.74, 6) is 0.902. The van der Waals surface area contributed by atoms with E-state index in [0.29, 0.717) is 28.8 Å². The first-order chi connectivity index (χ1) is 9.11. The number of rotatable bonds is 4. The van der Waals surface area contributed by atoms with Crippen molar-refractivity contribution >= 4 is 29.1 Å². The summed E-state index contributed by atoms with van der Waals surface area (Å²) in [7, 11) is 1.75. The first-order valence-electron chi connectivity index (χ1n) is 5.80. The number of carbonyl (C=O) groups excluding carboxylic acids is 1. The van der Waals surface area contributed by atoms with Crippen LogP contribution in [0.4, 0.5) is 11.6 Å². The quantitative estimate of drug-likeness (QED) is 0.899. The molecule has 2 heterocycles. The molecule has 0 aliphatic carbocycles. The van der Waals surface area contributed by atoms with E-state index in [1.54, 1.807) is 30.1 Å². The SMILES string of the molecule is CCNc1ncc(C(=O)Nc2ccnn2C)cc1Cl. The second-order valence-electron chi connectivity index (χ2n) is 3.88. The Morgan fingerprint density at radius 3 is 2.89 bits per heavy atom. The molecule has 0 aliphatic heterocycles. The standard InChI is InChI=1S/C12H14ClN5O/c1-3-14-11-9(13)6-8(7-15-11)12(19)17-10-4-5-16-18(10)2/h4-7H,3H2,1-2H3,(H,14,15)(H,17,19). The van der Waals surface area contributed by atoms with Gasteiger partial charge in [-0.05, 0) is 13.0 Å². The maximum absolute atomic E-state index is 12.0. The van der Waals surface area contributed by atoms with Crippen molar-refractivity contribution in [2.45, 2.75) is 6.92 Å². The maximum Gasteiger partial charge on any atom is 0.258 e. The van der Waals surface area contributed by atoms with E-state index in [-0.39, 0.29) is 5.91 Å². The van der Waals surface area contributed by atoms with Crippen molar-refractivity contribution in [3.8, 4) is 0 Å². The topological polar surface area (TPSA) is 71.8 Å². The van der Waals surface area contributed by atoms with Crippen molar-refractivity contribution in [2.75, 3.05) is 17.2 Å². The van der Waals surface area contributed by atoms with Gasteiger partial charge in [0.25, 0.3) is 5.91 Å². The second kappa shape index (κ2) is 5.71. The highest BCUT2D eigenvalue weighted by Gasteiger charge is 2.11. The number of halogens is 1. The van der Waals surface area contributed by atoms with Crippen molar-refractivity contribution in [3.63, 3.8) is 0 Å². The Morgan fingerprint density at radius 1 is 1.53 bits per heavy atom. The highest BCUT2D eigenvalue weighted by atomic mass is 35.5. The van der Waals surface area contributed by atoms with Crippen molar-refractivity contribution in [1.29, 1.82) is 0 Å². The molecule has 0 spiro atoms. The Kier molecular flexibility index (Phi) is 4.01. The summed E-state index contributed by atoms with van der Waals surface area (Å²) in [6.45, 7) is 2.66. The van der Waals surface area contributed by atoms with E-state index in [1.807, 2.05) is 6.92 Å². The summed E-state index contributed by atoms with van der Waals surface area (Å²) >= 11 is 6.04. The first-order valence-corrected chi connectivity index (χ1v) is 6.18. The molecule has 0 radical (unpaired) electrons. The van der Waals surface area contributed by atoms with Gasteiger partial charge in [0.15, 0.2) is 0 Å². The summed E-state index contributed by atoms with van der Waals surface area (Å²) in [6.07, 6.45) is 3.09. The molecule has 0 unspecified atom stereocenters. The average Bonchev–Trinajstić information content (AvgIpc) is 2.78. The summed E-state index contributed by atoms with van der Waals surface area (Å²) in [4.78, 5) is 16.1. The molecule has 0 atom stereocenters. The molecule has 100 valence electrons. The van der Waals surface area contributed by atoms with E-state index in [9.17, 15) is 4.79 Å². The van der Waals surface area contributed by atoms with Crippen LogP contribution < -0.4 is 10.6 Å². The molecule has 0 saturated heterocycles. The largest absolute Gasteiger partial charge is 0.369 e. The van der Waals surface area contributed by atoms with E-state index in [1.165, 1.54) is 6.20 Å². The maximum atomic E-state index is 12.0. The number of anilines is 2. The van der Waals surface area contributed by atoms with E-state index >= 15 is 0 Å². The van der Waals surface area contributed by atoms with Crippen LogP contribution in [0.1, 0.15) is 17.3 Å². The zero-order valence-corrected chi connectivity index (χ0v) is 11.4. The van der Waals surface area contributed by atoms with Crippen LogP contribution >= 0.6 is 11.6 Å². The molecule has 0 aromatic carbocycles. The molecule has 0 aliphatic rings. The van der Waals surface area contributed by atoms with Crippen molar-refractivity contribution < 1.29 is 4.79 Å². The van der Waals surface area contributed by atoms with Gasteiger partial charge in [0.2, 0.25) is 0 Å². The van der Waals surface area contributed by atoms with Gasteiger partial charge in [-0.1, -0.05) is 11.6 Å². The van der Waals surface area contributed by atoms with Crippen LogP contribution in [0.15, 0.2) is 24.5 Å². The number of pyridine rings is 1. The van der Waals surface area contributed by atoms with Crippen molar-refractivity contribution in [3.05, 3.63) is 35.1 Å². The van der Waals surface area contributed by atoms with E-state index in [0.717, 1.165) is 0 Å². The number of carbonyl (C=O) groups is 1. The van der Waals surface area contributed by atoms with Crippen LogP contribution in [0.2, 0.25) is 5.02 Å². The Hall–Kier alpha value is -2.08. The molecule has 0 bridgehead atoms. The molecule has 2 N–H and O–H groups in total. The van der Waals surface area contributed by atoms with E-state index in [4.69, 9.17) is 11.6 Å². The molecule has 2 aromatic heterocycles. The van der Waals surface area contributed by atoms with Gasteiger partial charge in [-0.25, -0.2) is 4.98 Å². The predicted octanol–water partition coefficient (Wildman–Crippen LogP) is 2.15. The Bertz CT molecular complexity index is 596. The fourth-order valence-corrected chi connectivity index (χ4v) is 1.78. The number of aromatic nitrogens is 3. The minimum absolute atomic E-state index is 0.277. The zero-order valence-electron chi connectivity index (χ0n) is 10.6. The summed E-state index contributed by atoms with van der Waals surface area (Å²) in [5.41, 5.74) is 0.396. The van der Waals surface area contributed by atoms with Crippen LogP contribution in [0.25, 0.3) is 0 Å². The normalized spacial score (nSPS) is 10.3. The minimum atomic E-state index is -0.277. The van der Waals surface area contributed by atoms with Crippen LogP contribution in [0.5, 0.6) is 0 Å². The summed E-state index contributed by atoms with van der Waals surface area (Å²) < 4.78 is 1.57. The van der Waals surface area contributed by atoms with Crippen LogP contribution in [0, 0.1) is 0 Å². The third kappa shape index (κ3) is 3.03. The van der Waals surface area contributed by atoms with E-state index in [2.05, 4.69) is 20.7 Å². The minimum Gasteiger partial charge on any atom is -0.369 e. The van der Waals surface area contributed by atoms with Crippen molar-refractivity contribution in [2.24, 2.45) is 7.05 Å². The molecule has 0 saturated carbocycles. The Balaban J connectivity index is 2.16. The fourth-order valence-electron chi connectivity index (χ4n) is 1.54. The summed E-state index contributed by atoms with van der Waals surface area (Å²) in [6, 6.07) is 3.29. The number of hydrogen-bond donors (Lipinski definition) is 2. The van der Waals surface area contributed by atoms with Gasteiger partial charge in [0.1, 0.15) is 11.6 Å². The van der Waals surface area contributed by atoms with E-state index < -0.39 is 0 Å². The smallest absolute Gasteiger partial charge is 0.258 e. The predicted molar refractivity (Wildman–Crippen MR) is 74.6 cm³/mol. The van der Waals surface area contributed by atoms with Crippen LogP contribution in [-0.2, 0) is 7.05 Å². The lowest BCUT2D eigenvalue weighted by Crippen LogP contribution is -2.15. The number of amides is 1. The van der Waals surface area contributed by atoms with Crippen LogP contribution in [0.3, 0.4) is 0 Å². The van der Waals surface area contributed by atoms with Crippen LogP contribution in [-0.4, -0.2) is 27.2 Å². The zero-order chi connectivity index (χ0) is 13.8. The van der Waals surface area contributed by atoms with Gasteiger partial charge in [-0.2, -0.15) is 5.10 Å². The second-order valence-corrected chi connectivity index (χ2v) is 4.29. The van der Waals surface area contributed by atoms with Gasteiger partial charge in [-0.15, -0.1) is 0 Å². The molecular formula is C12H14ClN5O. The van der Waals surface area contributed by atoms with Gasteiger partial charge >= 0.3 is 0 Å². The number of nitrogens with one attached hydrogen (secondary N) is 2. The Labute approximate surface area is 115 Å². The summed E-state index contributed by atoms with van der Waals surface area (Å²) in [5, 5.41) is 10.1. The van der Waals surface area contributed by atoms with Gasteiger partial charge in [0, 0.05) is 25.9 Å². The lowest BCUT2D eigenvalue weighted by molar-refractivity contribution is 0.102. The number of aryl methyl sites for hydroxylation is 1. The molecule has 7 heteroatoms. The highest BCUT2D eigenvalue weighted by molar-refractivity contribution is 6.33. The molecule has 1 amide bonds. The lowest BCUT2D eigenvalue weighted by Gasteiger charge is -2.08.